The van der Waals surface area contributed by atoms with Crippen molar-refractivity contribution in [3.05, 3.63) is 24.3 Å². The van der Waals surface area contributed by atoms with Gasteiger partial charge in [0.25, 0.3) is 0 Å². The molecular formula is C17H25N3O4S. The molecule has 1 aliphatic heterocycles. The van der Waals surface area contributed by atoms with Crippen LogP contribution in [0.3, 0.4) is 0 Å². The van der Waals surface area contributed by atoms with Gasteiger partial charge < -0.3 is 15.4 Å². The van der Waals surface area contributed by atoms with Crippen molar-refractivity contribution < 1.29 is 17.9 Å². The number of carbonyl (C=O) groups excluding carboxylic acids is 1. The van der Waals surface area contributed by atoms with E-state index in [1.807, 2.05) is 12.1 Å². The first-order chi connectivity index (χ1) is 12.0. The molecule has 8 heteroatoms. The third-order valence-electron chi connectivity index (χ3n) is 4.79. The van der Waals surface area contributed by atoms with Crippen LogP contribution in [0.25, 0.3) is 0 Å². The minimum atomic E-state index is -3.07. The normalized spacial score (nSPS) is 19.4. The van der Waals surface area contributed by atoms with E-state index in [-0.39, 0.29) is 11.3 Å². The Balaban J connectivity index is 1.43. The van der Waals surface area contributed by atoms with Gasteiger partial charge >= 0.3 is 6.03 Å². The topological polar surface area (TPSA) is 87.7 Å². The van der Waals surface area contributed by atoms with E-state index in [0.717, 1.165) is 25.7 Å². The van der Waals surface area contributed by atoms with Crippen molar-refractivity contribution in [1.82, 2.24) is 9.62 Å². The molecule has 3 rings (SSSR count). The molecule has 0 radical (unpaired) electrons. The molecule has 0 bridgehead atoms. The number of carbonyl (C=O) groups is 1. The molecule has 138 valence electrons. The van der Waals surface area contributed by atoms with E-state index in [9.17, 15) is 13.2 Å². The number of nitrogens with one attached hydrogen (secondary N) is 2. The van der Waals surface area contributed by atoms with E-state index in [4.69, 9.17) is 4.74 Å². The maximum Gasteiger partial charge on any atom is 0.319 e. The van der Waals surface area contributed by atoms with Gasteiger partial charge in [-0.15, -0.1) is 0 Å². The fraction of sp³-hybridized carbons (Fsp3) is 0.588. The lowest BCUT2D eigenvalue weighted by Crippen LogP contribution is -2.43. The molecule has 1 aliphatic carbocycles. The van der Waals surface area contributed by atoms with Crippen molar-refractivity contribution in [2.24, 2.45) is 5.92 Å². The summed E-state index contributed by atoms with van der Waals surface area (Å²) in [6.07, 6.45) is 3.15. The summed E-state index contributed by atoms with van der Waals surface area (Å²) in [5, 5.41) is 5.50. The van der Waals surface area contributed by atoms with Crippen LogP contribution in [0.4, 0.5) is 10.5 Å². The van der Waals surface area contributed by atoms with Gasteiger partial charge in [-0.2, -0.15) is 0 Å². The van der Waals surface area contributed by atoms with Crippen LogP contribution in [0.5, 0.6) is 5.75 Å². The molecule has 0 unspecified atom stereocenters. The zero-order valence-corrected chi connectivity index (χ0v) is 15.2. The molecule has 1 heterocycles. The number of hydrogen-bond acceptors (Lipinski definition) is 4. The molecule has 0 spiro atoms. The van der Waals surface area contributed by atoms with Crippen molar-refractivity contribution in [3.8, 4) is 5.75 Å². The zero-order chi connectivity index (χ0) is 17.9. The highest BCUT2D eigenvalue weighted by molar-refractivity contribution is 7.90. The predicted molar refractivity (Wildman–Crippen MR) is 96.3 cm³/mol. The van der Waals surface area contributed by atoms with Crippen LogP contribution in [0.2, 0.25) is 0 Å². The summed E-state index contributed by atoms with van der Waals surface area (Å²) in [6, 6.07) is 6.95. The lowest BCUT2D eigenvalue weighted by Gasteiger charge is -2.31. The predicted octanol–water partition coefficient (Wildman–Crippen LogP) is 2.02. The Morgan fingerprint density at radius 3 is 2.52 bits per heavy atom. The third kappa shape index (κ3) is 4.43. The first-order valence-electron chi connectivity index (χ1n) is 8.67. The monoisotopic (exact) mass is 367 g/mol. The fourth-order valence-electron chi connectivity index (χ4n) is 3.10. The van der Waals surface area contributed by atoms with Gasteiger partial charge in [-0.25, -0.2) is 17.5 Å². The summed E-state index contributed by atoms with van der Waals surface area (Å²) in [5.74, 6) is 0.908. The molecule has 1 saturated heterocycles. The minimum absolute atomic E-state index is 0.145. The molecule has 1 aromatic carbocycles. The van der Waals surface area contributed by atoms with Crippen molar-refractivity contribution in [3.63, 3.8) is 0 Å². The van der Waals surface area contributed by atoms with Crippen LogP contribution in [-0.2, 0) is 10.0 Å². The highest BCUT2D eigenvalue weighted by atomic mass is 32.2. The Morgan fingerprint density at radius 1 is 1.20 bits per heavy atom. The van der Waals surface area contributed by atoms with Crippen molar-refractivity contribution in [2.75, 3.05) is 32.1 Å². The van der Waals surface area contributed by atoms with Gasteiger partial charge in [-0.1, -0.05) is 12.1 Å². The number of nitrogens with zero attached hydrogens (tertiary/aromatic N) is 1. The number of amides is 2. The molecule has 2 fully saturated rings. The summed E-state index contributed by atoms with van der Waals surface area (Å²) in [7, 11) is -1.51. The van der Waals surface area contributed by atoms with Crippen LogP contribution in [0.1, 0.15) is 25.7 Å². The van der Waals surface area contributed by atoms with Crippen molar-refractivity contribution >= 4 is 21.7 Å². The smallest absolute Gasteiger partial charge is 0.319 e. The molecule has 25 heavy (non-hydrogen) atoms. The SMILES string of the molecule is COc1ccccc1NC(=O)NCC1CCN(S(=O)(=O)C2CC2)CC1. The fourth-order valence-corrected chi connectivity index (χ4v) is 4.97. The van der Waals surface area contributed by atoms with E-state index in [2.05, 4.69) is 10.6 Å². The second-order valence-electron chi connectivity index (χ2n) is 6.62. The number of hydrogen-bond donors (Lipinski definition) is 2. The van der Waals surface area contributed by atoms with Gasteiger partial charge in [0.15, 0.2) is 0 Å². The first-order valence-corrected chi connectivity index (χ1v) is 10.2. The molecule has 7 nitrogen and oxygen atoms in total. The Hall–Kier alpha value is -1.80. The second kappa shape index (κ2) is 7.61. The molecular weight excluding hydrogens is 342 g/mol. The van der Waals surface area contributed by atoms with Crippen LogP contribution in [0.15, 0.2) is 24.3 Å². The van der Waals surface area contributed by atoms with E-state index in [1.165, 1.54) is 0 Å². The van der Waals surface area contributed by atoms with Gasteiger partial charge in [0, 0.05) is 19.6 Å². The van der Waals surface area contributed by atoms with Gasteiger partial charge in [0.2, 0.25) is 10.0 Å². The first kappa shape index (κ1) is 18.0. The van der Waals surface area contributed by atoms with Crippen molar-refractivity contribution in [2.45, 2.75) is 30.9 Å². The lowest BCUT2D eigenvalue weighted by atomic mass is 9.98. The number of anilines is 1. The summed E-state index contributed by atoms with van der Waals surface area (Å²) in [6.45, 7) is 1.65. The Morgan fingerprint density at radius 2 is 1.88 bits per heavy atom. The van der Waals surface area contributed by atoms with Crippen LogP contribution in [-0.4, -0.2) is 50.7 Å². The summed E-state index contributed by atoms with van der Waals surface area (Å²) in [4.78, 5) is 12.1. The number of piperidine rings is 1. The zero-order valence-electron chi connectivity index (χ0n) is 14.4. The highest BCUT2D eigenvalue weighted by Gasteiger charge is 2.41. The van der Waals surface area contributed by atoms with Gasteiger partial charge in [-0.05, 0) is 43.7 Å². The number of methoxy groups -OCH3 is 1. The molecule has 2 N–H and O–H groups in total. The van der Waals surface area contributed by atoms with Crippen LogP contribution >= 0.6 is 0 Å². The van der Waals surface area contributed by atoms with Gasteiger partial charge in [0.1, 0.15) is 5.75 Å². The van der Waals surface area contributed by atoms with E-state index in [0.29, 0.717) is 37.0 Å². The summed E-state index contributed by atoms with van der Waals surface area (Å²) < 4.78 is 31.3. The molecule has 1 saturated carbocycles. The van der Waals surface area contributed by atoms with Crippen LogP contribution < -0.4 is 15.4 Å². The highest BCUT2D eigenvalue weighted by Crippen LogP contribution is 2.33. The van der Waals surface area contributed by atoms with Crippen molar-refractivity contribution in [1.29, 1.82) is 0 Å². The lowest BCUT2D eigenvalue weighted by molar-refractivity contribution is 0.240. The molecule has 0 atom stereocenters. The Bertz CT molecular complexity index is 710. The van der Waals surface area contributed by atoms with E-state index in [1.54, 1.807) is 23.5 Å². The Labute approximate surface area is 148 Å². The summed E-state index contributed by atoms with van der Waals surface area (Å²) >= 11 is 0. The quantitative estimate of drug-likeness (QED) is 0.805. The largest absolute Gasteiger partial charge is 0.495 e. The Kier molecular flexibility index (Phi) is 5.48. The average Bonchev–Trinajstić information content (AvgIpc) is 3.46. The molecule has 0 aromatic heterocycles. The maximum atomic E-state index is 12.2. The number of sulfonamides is 1. The number of ether oxygens (including phenoxy) is 1. The molecule has 2 aliphatic rings. The number of urea groups is 1. The number of rotatable bonds is 6. The summed E-state index contributed by atoms with van der Waals surface area (Å²) in [5.41, 5.74) is 0.618. The number of para-hydroxylation sites is 2. The van der Waals surface area contributed by atoms with Gasteiger partial charge in [-0.3, -0.25) is 0 Å². The molecule has 1 aromatic rings. The van der Waals surface area contributed by atoms with Crippen LogP contribution in [0, 0.1) is 5.92 Å². The second-order valence-corrected chi connectivity index (χ2v) is 8.84. The minimum Gasteiger partial charge on any atom is -0.495 e. The maximum absolute atomic E-state index is 12.2. The van der Waals surface area contributed by atoms with E-state index < -0.39 is 10.0 Å². The molecule has 2 amide bonds. The van der Waals surface area contributed by atoms with E-state index >= 15 is 0 Å². The van der Waals surface area contributed by atoms with Gasteiger partial charge in [0.05, 0.1) is 18.0 Å². The standard InChI is InChI=1S/C17H25N3O4S/c1-24-16-5-3-2-4-15(16)19-17(21)18-12-13-8-10-20(11-9-13)25(22,23)14-6-7-14/h2-5,13-14H,6-12H2,1H3,(H2,18,19,21). The average molecular weight is 367 g/mol. The third-order valence-corrected chi connectivity index (χ3v) is 7.18. The number of benzene rings is 1.